The monoisotopic (exact) mass is 668 g/mol. The Labute approximate surface area is 278 Å². The van der Waals surface area contributed by atoms with E-state index in [-0.39, 0.29) is 35.4 Å². The van der Waals surface area contributed by atoms with Gasteiger partial charge in [0.1, 0.15) is 17.4 Å². The van der Waals surface area contributed by atoms with Crippen LogP contribution >= 0.6 is 0 Å². The topological polar surface area (TPSA) is 138 Å². The number of anilines is 1. The number of piperidine rings is 1. The van der Waals surface area contributed by atoms with Crippen LogP contribution in [0.2, 0.25) is 0 Å². The summed E-state index contributed by atoms with van der Waals surface area (Å²) in [5.41, 5.74) is 1.18. The Morgan fingerprint density at radius 2 is 1.88 bits per heavy atom. The lowest BCUT2D eigenvalue weighted by Gasteiger charge is -2.36. The molecule has 0 saturated carbocycles. The summed E-state index contributed by atoms with van der Waals surface area (Å²) in [5, 5.41) is 9.35. The summed E-state index contributed by atoms with van der Waals surface area (Å²) in [4.78, 5) is 49.5. The van der Waals surface area contributed by atoms with Crippen LogP contribution in [-0.4, -0.2) is 74.5 Å². The molecule has 0 aliphatic carbocycles. The number of aldehydes is 1. The number of alkyl halides is 2. The average molecular weight is 669 g/mol. The van der Waals surface area contributed by atoms with Crippen LogP contribution in [-0.2, 0) is 9.59 Å². The molecule has 1 amide bonds. The van der Waals surface area contributed by atoms with Crippen molar-refractivity contribution in [3.05, 3.63) is 63.9 Å². The van der Waals surface area contributed by atoms with Crippen molar-refractivity contribution < 1.29 is 27.9 Å². The number of rotatable bonds is 5. The second-order valence-corrected chi connectivity index (χ2v) is 11.1. The minimum atomic E-state index is -2.79. The number of furan rings is 1. The molecule has 0 bridgehead atoms. The Morgan fingerprint density at radius 1 is 1.17 bits per heavy atom. The minimum absolute atomic E-state index is 0.0932. The predicted octanol–water partition coefficient (Wildman–Crippen LogP) is 4.49. The number of hydrogen-bond donors (Lipinski definition) is 2. The van der Waals surface area contributed by atoms with Gasteiger partial charge in [-0.25, -0.2) is 23.5 Å². The number of benzene rings is 1. The molecule has 260 valence electrons. The molecule has 2 aliphatic rings. The summed E-state index contributed by atoms with van der Waals surface area (Å²) in [6.45, 7) is 15.3. The van der Waals surface area contributed by atoms with Crippen molar-refractivity contribution >= 4 is 52.2 Å². The number of para-hydroxylation sites is 1. The van der Waals surface area contributed by atoms with E-state index in [0.29, 0.717) is 48.1 Å². The van der Waals surface area contributed by atoms with E-state index < -0.39 is 12.2 Å². The Bertz CT molecular complexity index is 1880. The van der Waals surface area contributed by atoms with E-state index in [1.807, 2.05) is 42.4 Å². The van der Waals surface area contributed by atoms with Crippen LogP contribution in [0.4, 0.5) is 14.6 Å². The number of carbonyl (C=O) groups is 2. The van der Waals surface area contributed by atoms with Gasteiger partial charge in [0.2, 0.25) is 5.91 Å². The van der Waals surface area contributed by atoms with E-state index in [4.69, 9.17) is 9.52 Å². The number of carbonyl (C=O) groups excluding carboxylic acids is 2. The van der Waals surface area contributed by atoms with Gasteiger partial charge in [0.05, 0.1) is 16.7 Å². The van der Waals surface area contributed by atoms with Crippen molar-refractivity contribution in [2.24, 2.45) is 5.92 Å². The predicted molar refractivity (Wildman–Crippen MR) is 184 cm³/mol. The molecule has 11 nitrogen and oxygen atoms in total. The van der Waals surface area contributed by atoms with Gasteiger partial charge in [-0.15, -0.1) is 0 Å². The number of aliphatic hydroxyl groups excluding tert-OH is 1. The highest BCUT2D eigenvalue weighted by atomic mass is 19.3. The number of aliphatic hydroxyl groups is 1. The highest BCUT2D eigenvalue weighted by Gasteiger charge is 2.31. The first kappa shape index (κ1) is 37.8. The summed E-state index contributed by atoms with van der Waals surface area (Å²) < 4.78 is 34.0. The van der Waals surface area contributed by atoms with Crippen molar-refractivity contribution in [2.45, 2.75) is 72.4 Å². The second-order valence-electron chi connectivity index (χ2n) is 11.1. The quantitative estimate of drug-likeness (QED) is 0.297. The third-order valence-electron chi connectivity index (χ3n) is 8.33. The Hall–Kier alpha value is -4.65. The van der Waals surface area contributed by atoms with E-state index >= 15 is 0 Å². The fourth-order valence-electron chi connectivity index (χ4n) is 6.23. The summed E-state index contributed by atoms with van der Waals surface area (Å²) in [6.07, 6.45) is 5.74. The van der Waals surface area contributed by atoms with Gasteiger partial charge in [-0.1, -0.05) is 51.6 Å². The molecule has 1 aromatic carbocycles. The van der Waals surface area contributed by atoms with Crippen molar-refractivity contribution in [1.82, 2.24) is 24.4 Å². The van der Waals surface area contributed by atoms with Crippen molar-refractivity contribution in [3.8, 4) is 0 Å². The molecular formula is C35H46F2N6O5. The Morgan fingerprint density at radius 3 is 2.48 bits per heavy atom. The van der Waals surface area contributed by atoms with E-state index in [1.54, 1.807) is 42.2 Å². The maximum Gasteiger partial charge on any atom is 0.326 e. The van der Waals surface area contributed by atoms with Crippen LogP contribution in [0, 0.1) is 5.92 Å². The zero-order valence-corrected chi connectivity index (χ0v) is 28.5. The lowest BCUT2D eigenvalue weighted by atomic mass is 9.93. The lowest BCUT2D eigenvalue weighted by Crippen LogP contribution is -2.47. The Kier molecular flexibility index (Phi) is 13.8. The number of H-pyrrole nitrogens is 1. The van der Waals surface area contributed by atoms with Gasteiger partial charge in [0.15, 0.2) is 17.2 Å². The second kappa shape index (κ2) is 17.5. The molecule has 48 heavy (non-hydrogen) atoms. The number of hydrogen-bond acceptors (Lipinski definition) is 8. The molecule has 0 radical (unpaired) electrons. The van der Waals surface area contributed by atoms with E-state index in [9.17, 15) is 23.2 Å². The third kappa shape index (κ3) is 7.89. The van der Waals surface area contributed by atoms with Crippen LogP contribution < -0.4 is 21.3 Å². The van der Waals surface area contributed by atoms with E-state index in [1.165, 1.54) is 0 Å². The van der Waals surface area contributed by atoms with E-state index in [0.717, 1.165) is 36.9 Å². The summed E-state index contributed by atoms with van der Waals surface area (Å²) in [7, 11) is 1.00. The van der Waals surface area contributed by atoms with Gasteiger partial charge in [-0.05, 0) is 50.3 Å². The van der Waals surface area contributed by atoms with Crippen molar-refractivity contribution in [1.29, 1.82) is 0 Å². The number of allylic oxidation sites excluding steroid dienone is 1. The number of imidazole rings is 1. The molecular weight excluding hydrogens is 622 g/mol. The highest BCUT2D eigenvalue weighted by molar-refractivity contribution is 6.06. The summed E-state index contributed by atoms with van der Waals surface area (Å²) >= 11 is 0. The smallest absolute Gasteiger partial charge is 0.326 e. The van der Waals surface area contributed by atoms with Crippen LogP contribution in [0.25, 0.3) is 34.2 Å². The number of nitrogens with one attached hydrogen (secondary N) is 1. The normalized spacial score (nSPS) is 19.8. The van der Waals surface area contributed by atoms with Crippen LogP contribution in [0.5, 0.6) is 0 Å². The van der Waals surface area contributed by atoms with Crippen molar-refractivity contribution in [3.63, 3.8) is 0 Å². The number of amides is 1. The first-order valence-electron chi connectivity index (χ1n) is 16.2. The van der Waals surface area contributed by atoms with Gasteiger partial charge >= 0.3 is 5.69 Å². The summed E-state index contributed by atoms with van der Waals surface area (Å²) in [5.74, 6) is 0.0720. The third-order valence-corrected chi connectivity index (χ3v) is 8.33. The molecule has 2 saturated heterocycles. The van der Waals surface area contributed by atoms with Crippen LogP contribution in [0.15, 0.2) is 46.1 Å². The van der Waals surface area contributed by atoms with Gasteiger partial charge in [-0.3, -0.25) is 9.36 Å². The maximum absolute atomic E-state index is 13.2. The largest absolute Gasteiger partial charge is 0.450 e. The molecule has 4 aromatic rings. The molecule has 3 atom stereocenters. The van der Waals surface area contributed by atoms with Gasteiger partial charge in [0.25, 0.3) is 6.43 Å². The zero-order valence-electron chi connectivity index (χ0n) is 28.5. The first-order chi connectivity index (χ1) is 23.2. The fraction of sp³-hybridized carbons (Fsp3) is 0.457. The number of aromatic nitrogens is 4. The fourth-order valence-corrected chi connectivity index (χ4v) is 6.23. The lowest BCUT2D eigenvalue weighted by molar-refractivity contribution is -0.131. The zero-order chi connectivity index (χ0) is 35.5. The molecule has 13 heteroatoms. The Balaban J connectivity index is 0.000000237. The van der Waals surface area contributed by atoms with Crippen LogP contribution in [0.1, 0.15) is 72.2 Å². The molecule has 5 heterocycles. The maximum atomic E-state index is 13.2. The molecule has 2 N–H and O–H groups in total. The number of nitrogens with zero attached hydrogens (tertiary/aromatic N) is 5. The van der Waals surface area contributed by atoms with E-state index in [2.05, 4.69) is 28.5 Å². The SMILES string of the molecule is C=C/C=c1/[nH]c(=O)n(C2CCN(C(C)=O)C[C@@H]2C)/c1=C/C.CC.CO.O=C[C@@H]1CCCN1c1nc(C(F)F)nc2c1oc1ccccc12. The number of fused-ring (bicyclic) bond motifs is 3. The minimum Gasteiger partial charge on any atom is -0.450 e. The number of likely N-dealkylation sites (tertiary alicyclic amines) is 1. The van der Waals surface area contributed by atoms with Gasteiger partial charge in [-0.2, -0.15) is 0 Å². The average Bonchev–Trinajstić information content (AvgIpc) is 3.81. The molecule has 2 fully saturated rings. The van der Waals surface area contributed by atoms with Crippen LogP contribution in [0.3, 0.4) is 0 Å². The summed E-state index contributed by atoms with van der Waals surface area (Å²) in [6, 6.07) is 6.87. The first-order valence-corrected chi connectivity index (χ1v) is 16.2. The molecule has 0 spiro atoms. The standard InChI is InChI=1S/C16H13F2N3O2.C16H23N3O2.C2H6.CH4O/c17-14(18)15-19-12-10-5-1-2-6-11(10)23-13(12)16(20-15)21-7-3-4-9(21)8-22;1-5-7-13-14(6-2)19(16(21)17-13)15-8-9-18(12(4)20)10-11(15)3;2*1-2/h1-2,5-6,8-9,14H,3-4,7H2;5-7,11,15H,1,8-10H2,2-4H3,(H,17,21);1-2H3;2H,1H3/b;13-7+,14-6+;;/t9-;11-,15?;;/m00../s1. The molecule has 1 unspecified atom stereocenters. The number of aromatic amines is 1. The highest BCUT2D eigenvalue weighted by Crippen LogP contribution is 2.36. The van der Waals surface area contributed by atoms with Gasteiger partial charge in [0, 0.05) is 45.1 Å². The molecule has 3 aromatic heterocycles. The number of halogens is 2. The van der Waals surface area contributed by atoms with Gasteiger partial charge < -0.3 is 29.1 Å². The molecule has 6 rings (SSSR count). The molecule has 2 aliphatic heterocycles. The van der Waals surface area contributed by atoms with Crippen molar-refractivity contribution in [2.75, 3.05) is 31.6 Å².